The number of rotatable bonds is 4. The molecule has 3 nitrogen and oxygen atoms in total. The van der Waals surface area contributed by atoms with Crippen molar-refractivity contribution in [3.8, 4) is 5.88 Å². The zero-order valence-electron chi connectivity index (χ0n) is 8.94. The largest absolute Gasteiger partial charge is 0.472 e. The molecule has 2 aromatic rings. The first-order valence-corrected chi connectivity index (χ1v) is 5.93. The van der Waals surface area contributed by atoms with Crippen LogP contribution in [-0.4, -0.2) is 9.97 Å². The van der Waals surface area contributed by atoms with E-state index >= 15 is 0 Å². The van der Waals surface area contributed by atoms with E-state index in [0.717, 1.165) is 11.3 Å². The highest BCUT2D eigenvalue weighted by Gasteiger charge is 1.99. The van der Waals surface area contributed by atoms with Crippen LogP contribution in [-0.2, 0) is 12.5 Å². The molecule has 1 aromatic carbocycles. The average molecular weight is 269 g/mol. The van der Waals surface area contributed by atoms with Gasteiger partial charge in [-0.05, 0) is 17.7 Å². The van der Waals surface area contributed by atoms with Gasteiger partial charge >= 0.3 is 0 Å². The van der Waals surface area contributed by atoms with Gasteiger partial charge in [-0.25, -0.2) is 4.98 Å². The Bertz CT molecular complexity index is 471. The Balaban J connectivity index is 1.95. The Kier molecular flexibility index (Phi) is 4.18. The summed E-state index contributed by atoms with van der Waals surface area (Å²) >= 11 is 11.4. The fourth-order valence-electron chi connectivity index (χ4n) is 1.22. The monoisotopic (exact) mass is 268 g/mol. The first-order chi connectivity index (χ1) is 8.28. The van der Waals surface area contributed by atoms with Crippen molar-refractivity contribution in [3.63, 3.8) is 0 Å². The summed E-state index contributed by atoms with van der Waals surface area (Å²) in [6, 6.07) is 7.46. The van der Waals surface area contributed by atoms with Crippen LogP contribution in [0.4, 0.5) is 0 Å². The van der Waals surface area contributed by atoms with E-state index in [1.54, 1.807) is 12.4 Å². The average Bonchev–Trinajstić information content (AvgIpc) is 2.39. The molecule has 0 atom stereocenters. The lowest BCUT2D eigenvalue weighted by Gasteiger charge is -2.05. The van der Waals surface area contributed by atoms with Crippen LogP contribution >= 0.6 is 23.2 Å². The fourth-order valence-corrected chi connectivity index (χ4v) is 1.49. The van der Waals surface area contributed by atoms with Crippen molar-refractivity contribution in [2.75, 3.05) is 0 Å². The minimum atomic E-state index is 0.352. The summed E-state index contributed by atoms with van der Waals surface area (Å²) in [6.07, 6.45) is 3.16. The second-order valence-corrected chi connectivity index (χ2v) is 4.10. The minimum absolute atomic E-state index is 0.352. The molecule has 1 aromatic heterocycles. The van der Waals surface area contributed by atoms with Gasteiger partial charge in [-0.3, -0.25) is 4.98 Å². The molecule has 0 fully saturated rings. The van der Waals surface area contributed by atoms with Gasteiger partial charge in [0.1, 0.15) is 6.61 Å². The summed E-state index contributed by atoms with van der Waals surface area (Å²) in [4.78, 5) is 8.17. The zero-order chi connectivity index (χ0) is 12.1. The maximum absolute atomic E-state index is 5.79. The van der Waals surface area contributed by atoms with Crippen LogP contribution in [0.5, 0.6) is 5.88 Å². The van der Waals surface area contributed by atoms with E-state index in [1.807, 2.05) is 24.3 Å². The van der Waals surface area contributed by atoms with E-state index in [9.17, 15) is 0 Å². The molecule has 0 saturated heterocycles. The zero-order valence-corrected chi connectivity index (χ0v) is 10.4. The molecule has 0 radical (unpaired) electrons. The van der Waals surface area contributed by atoms with Crippen LogP contribution in [0.15, 0.2) is 36.7 Å². The third-order valence-corrected chi connectivity index (χ3v) is 2.64. The summed E-state index contributed by atoms with van der Waals surface area (Å²) in [7, 11) is 0. The van der Waals surface area contributed by atoms with E-state index in [4.69, 9.17) is 27.9 Å². The Morgan fingerprint density at radius 2 is 1.82 bits per heavy atom. The minimum Gasteiger partial charge on any atom is -0.472 e. The third kappa shape index (κ3) is 3.58. The highest BCUT2D eigenvalue weighted by atomic mass is 35.5. The second kappa shape index (κ2) is 5.84. The van der Waals surface area contributed by atoms with Gasteiger partial charge < -0.3 is 4.74 Å². The fraction of sp³-hybridized carbons (Fsp3) is 0.167. The van der Waals surface area contributed by atoms with Crippen molar-refractivity contribution in [3.05, 3.63) is 52.9 Å². The predicted molar refractivity (Wildman–Crippen MR) is 67.4 cm³/mol. The van der Waals surface area contributed by atoms with Gasteiger partial charge in [0.15, 0.2) is 0 Å². The molecule has 5 heteroatoms. The van der Waals surface area contributed by atoms with Gasteiger partial charge in [0.25, 0.3) is 0 Å². The Labute approximate surface area is 109 Å². The van der Waals surface area contributed by atoms with Gasteiger partial charge in [0.05, 0.1) is 24.0 Å². The Morgan fingerprint density at radius 1 is 1.06 bits per heavy atom. The number of hydrogen-bond acceptors (Lipinski definition) is 3. The first-order valence-electron chi connectivity index (χ1n) is 5.02. The maximum atomic E-state index is 5.79. The van der Waals surface area contributed by atoms with Crippen molar-refractivity contribution in [2.24, 2.45) is 0 Å². The van der Waals surface area contributed by atoms with Gasteiger partial charge in [0.2, 0.25) is 5.88 Å². The van der Waals surface area contributed by atoms with Crippen molar-refractivity contribution < 1.29 is 4.74 Å². The summed E-state index contributed by atoms with van der Waals surface area (Å²) in [5.41, 5.74) is 1.75. The van der Waals surface area contributed by atoms with Crippen LogP contribution in [0.3, 0.4) is 0 Å². The molecule has 0 saturated carbocycles. The lowest BCUT2D eigenvalue weighted by molar-refractivity contribution is 0.292. The molecular formula is C12H10Cl2N2O. The molecule has 1 heterocycles. The summed E-state index contributed by atoms with van der Waals surface area (Å²) in [5, 5.41) is 0.708. The number of benzene rings is 1. The summed E-state index contributed by atoms with van der Waals surface area (Å²) in [6.45, 7) is 0.437. The standard InChI is InChI=1S/C12H10Cl2N2O/c13-5-11-6-16-12(7-15-11)17-8-9-1-3-10(14)4-2-9/h1-4,6-7H,5,8H2. The van der Waals surface area contributed by atoms with Crippen molar-refractivity contribution in [1.29, 1.82) is 0 Å². The molecular weight excluding hydrogens is 259 g/mol. The van der Waals surface area contributed by atoms with Crippen LogP contribution in [0.2, 0.25) is 5.02 Å². The lowest BCUT2D eigenvalue weighted by atomic mass is 10.2. The number of ether oxygens (including phenoxy) is 1. The van der Waals surface area contributed by atoms with Gasteiger partial charge in [-0.2, -0.15) is 0 Å². The molecule has 88 valence electrons. The normalized spacial score (nSPS) is 10.2. The lowest BCUT2D eigenvalue weighted by Crippen LogP contribution is -1.98. The van der Waals surface area contributed by atoms with Gasteiger partial charge in [-0.1, -0.05) is 23.7 Å². The molecule has 0 aliphatic rings. The highest BCUT2D eigenvalue weighted by molar-refractivity contribution is 6.30. The van der Waals surface area contributed by atoms with Crippen molar-refractivity contribution in [1.82, 2.24) is 9.97 Å². The number of alkyl halides is 1. The second-order valence-electron chi connectivity index (χ2n) is 3.39. The molecule has 0 amide bonds. The molecule has 0 N–H and O–H groups in total. The van der Waals surface area contributed by atoms with Crippen LogP contribution < -0.4 is 4.74 Å². The van der Waals surface area contributed by atoms with E-state index in [2.05, 4.69) is 9.97 Å². The van der Waals surface area contributed by atoms with E-state index in [1.165, 1.54) is 0 Å². The predicted octanol–water partition coefficient (Wildman–Crippen LogP) is 3.45. The molecule has 2 rings (SSSR count). The summed E-state index contributed by atoms with van der Waals surface area (Å²) in [5.74, 6) is 0.832. The molecule has 0 aliphatic carbocycles. The molecule has 17 heavy (non-hydrogen) atoms. The van der Waals surface area contributed by atoms with Crippen molar-refractivity contribution >= 4 is 23.2 Å². The SMILES string of the molecule is ClCc1cnc(OCc2ccc(Cl)cc2)cn1. The maximum Gasteiger partial charge on any atom is 0.232 e. The topological polar surface area (TPSA) is 35.0 Å². The summed E-state index contributed by atoms with van der Waals surface area (Å²) < 4.78 is 5.47. The van der Waals surface area contributed by atoms with Crippen LogP contribution in [0, 0.1) is 0 Å². The van der Waals surface area contributed by atoms with Crippen LogP contribution in [0.25, 0.3) is 0 Å². The third-order valence-electron chi connectivity index (χ3n) is 2.12. The molecule has 0 unspecified atom stereocenters. The number of nitrogens with zero attached hydrogens (tertiary/aromatic N) is 2. The molecule has 0 bridgehead atoms. The highest BCUT2D eigenvalue weighted by Crippen LogP contribution is 2.12. The first kappa shape index (κ1) is 12.1. The van der Waals surface area contributed by atoms with E-state index in [-0.39, 0.29) is 0 Å². The van der Waals surface area contributed by atoms with E-state index in [0.29, 0.717) is 23.4 Å². The number of hydrogen-bond donors (Lipinski definition) is 0. The van der Waals surface area contributed by atoms with E-state index < -0.39 is 0 Å². The molecule has 0 aliphatic heterocycles. The Hall–Kier alpha value is -1.32. The van der Waals surface area contributed by atoms with Gasteiger partial charge in [0, 0.05) is 5.02 Å². The quantitative estimate of drug-likeness (QED) is 0.797. The Morgan fingerprint density at radius 3 is 2.41 bits per heavy atom. The smallest absolute Gasteiger partial charge is 0.232 e. The van der Waals surface area contributed by atoms with Gasteiger partial charge in [-0.15, -0.1) is 11.6 Å². The molecule has 0 spiro atoms. The number of aromatic nitrogens is 2. The number of halogens is 2. The van der Waals surface area contributed by atoms with Crippen molar-refractivity contribution in [2.45, 2.75) is 12.5 Å². The van der Waals surface area contributed by atoms with Crippen LogP contribution in [0.1, 0.15) is 11.3 Å².